The van der Waals surface area contributed by atoms with Gasteiger partial charge in [-0.05, 0) is 41.5 Å². The molecule has 2 rings (SSSR count). The zero-order chi connectivity index (χ0) is 14.7. The summed E-state index contributed by atoms with van der Waals surface area (Å²) in [5.74, 6) is 0.150. The fraction of sp³-hybridized carbons (Fsp3) is 0.143. The molecule has 2 aromatic carbocycles. The maximum Gasteiger partial charge on any atom is 0.387 e. The molecule has 20 heavy (non-hydrogen) atoms. The molecule has 2 aromatic rings. The molecule has 0 aliphatic heterocycles. The van der Waals surface area contributed by atoms with E-state index >= 15 is 0 Å². The number of benzene rings is 2. The third kappa shape index (κ3) is 4.02. The molecule has 0 radical (unpaired) electrons. The maximum atomic E-state index is 12.1. The minimum Gasteiger partial charge on any atom is -0.435 e. The molecule has 0 spiro atoms. The van der Waals surface area contributed by atoms with Crippen LogP contribution in [0.4, 0.5) is 8.78 Å². The summed E-state index contributed by atoms with van der Waals surface area (Å²) >= 11 is 10.5. The van der Waals surface area contributed by atoms with Crippen molar-refractivity contribution in [2.24, 2.45) is 0 Å². The van der Waals surface area contributed by atoms with E-state index in [0.717, 1.165) is 20.1 Å². The van der Waals surface area contributed by atoms with Gasteiger partial charge in [0.05, 0.1) is 4.83 Å². The Kier molecular flexibility index (Phi) is 5.57. The van der Waals surface area contributed by atoms with Crippen LogP contribution >= 0.6 is 47.8 Å². The second kappa shape index (κ2) is 7.00. The Morgan fingerprint density at radius 1 is 0.950 bits per heavy atom. The molecule has 0 aliphatic rings. The average Bonchev–Trinajstić information content (AvgIpc) is 2.41. The van der Waals surface area contributed by atoms with Crippen molar-refractivity contribution in [3.63, 3.8) is 0 Å². The van der Waals surface area contributed by atoms with Gasteiger partial charge in [-0.3, -0.25) is 0 Å². The summed E-state index contributed by atoms with van der Waals surface area (Å²) in [7, 11) is 0. The number of alkyl halides is 3. The lowest BCUT2D eigenvalue weighted by Crippen LogP contribution is -2.02. The lowest BCUT2D eigenvalue weighted by Gasteiger charge is -2.14. The fourth-order valence-corrected chi connectivity index (χ4v) is 3.55. The standard InChI is InChI=1S/C14H9Br3F2O/c15-9-3-6-12(16)11(7-9)13(17)8-1-4-10(5-2-8)20-14(18)19/h1-7,13-14H. The lowest BCUT2D eigenvalue weighted by molar-refractivity contribution is -0.0498. The van der Waals surface area contributed by atoms with Crippen molar-refractivity contribution in [1.82, 2.24) is 0 Å². The first-order chi connectivity index (χ1) is 9.47. The van der Waals surface area contributed by atoms with Gasteiger partial charge in [0.2, 0.25) is 0 Å². The molecule has 1 atom stereocenters. The van der Waals surface area contributed by atoms with Crippen LogP contribution in [-0.2, 0) is 0 Å². The zero-order valence-corrected chi connectivity index (χ0v) is 14.8. The van der Waals surface area contributed by atoms with Crippen molar-refractivity contribution in [2.45, 2.75) is 11.4 Å². The number of hydrogen-bond donors (Lipinski definition) is 0. The van der Waals surface area contributed by atoms with Crippen molar-refractivity contribution in [1.29, 1.82) is 0 Å². The van der Waals surface area contributed by atoms with Gasteiger partial charge < -0.3 is 4.74 Å². The van der Waals surface area contributed by atoms with Gasteiger partial charge in [0.15, 0.2) is 0 Å². The maximum absolute atomic E-state index is 12.1. The van der Waals surface area contributed by atoms with Gasteiger partial charge >= 0.3 is 6.61 Å². The Hall–Kier alpha value is -0.460. The summed E-state index contributed by atoms with van der Waals surface area (Å²) in [4.78, 5) is -0.0463. The average molecular weight is 471 g/mol. The number of hydrogen-bond acceptors (Lipinski definition) is 1. The van der Waals surface area contributed by atoms with Crippen LogP contribution in [-0.4, -0.2) is 6.61 Å². The summed E-state index contributed by atoms with van der Waals surface area (Å²) in [5.41, 5.74) is 1.99. The largest absolute Gasteiger partial charge is 0.435 e. The Morgan fingerprint density at radius 3 is 2.20 bits per heavy atom. The van der Waals surface area contributed by atoms with Crippen molar-refractivity contribution in [2.75, 3.05) is 0 Å². The molecule has 6 heteroatoms. The molecule has 0 amide bonds. The van der Waals surface area contributed by atoms with Crippen LogP contribution in [0, 0.1) is 0 Å². The van der Waals surface area contributed by atoms with Gasteiger partial charge in [-0.1, -0.05) is 59.9 Å². The summed E-state index contributed by atoms with van der Waals surface area (Å²) in [6, 6.07) is 12.4. The first-order valence-electron chi connectivity index (χ1n) is 5.61. The molecule has 0 aliphatic carbocycles. The predicted octanol–water partition coefficient (Wildman–Crippen LogP) is 6.30. The molecule has 0 saturated carbocycles. The third-order valence-corrected chi connectivity index (χ3v) is 4.87. The molecule has 0 heterocycles. The van der Waals surface area contributed by atoms with Crippen LogP contribution in [0.1, 0.15) is 16.0 Å². The van der Waals surface area contributed by atoms with E-state index in [1.54, 1.807) is 12.1 Å². The highest BCUT2D eigenvalue weighted by atomic mass is 79.9. The number of ether oxygens (including phenoxy) is 1. The second-order valence-electron chi connectivity index (χ2n) is 3.98. The topological polar surface area (TPSA) is 9.23 Å². The quantitative estimate of drug-likeness (QED) is 0.477. The minimum atomic E-state index is -2.81. The summed E-state index contributed by atoms with van der Waals surface area (Å²) in [6.07, 6.45) is 0. The van der Waals surface area contributed by atoms with Crippen LogP contribution in [0.15, 0.2) is 51.4 Å². The van der Waals surface area contributed by atoms with Crippen molar-refractivity contribution in [3.8, 4) is 5.75 Å². The molecule has 0 saturated heterocycles. The highest BCUT2D eigenvalue weighted by Crippen LogP contribution is 2.37. The smallest absolute Gasteiger partial charge is 0.387 e. The van der Waals surface area contributed by atoms with Gasteiger partial charge in [0.25, 0.3) is 0 Å². The van der Waals surface area contributed by atoms with Crippen molar-refractivity contribution < 1.29 is 13.5 Å². The molecule has 106 valence electrons. The highest BCUT2D eigenvalue weighted by Gasteiger charge is 2.14. The first kappa shape index (κ1) is 15.9. The molecule has 1 nitrogen and oxygen atoms in total. The van der Waals surface area contributed by atoms with E-state index < -0.39 is 6.61 Å². The van der Waals surface area contributed by atoms with E-state index in [-0.39, 0.29) is 10.6 Å². The first-order valence-corrected chi connectivity index (χ1v) is 8.11. The summed E-state index contributed by atoms with van der Waals surface area (Å²) in [6.45, 7) is -2.81. The van der Waals surface area contributed by atoms with Crippen LogP contribution in [0.25, 0.3) is 0 Å². The van der Waals surface area contributed by atoms with E-state index in [1.165, 1.54) is 12.1 Å². The second-order valence-corrected chi connectivity index (χ2v) is 6.66. The molecule has 0 N–H and O–H groups in total. The normalized spacial score (nSPS) is 12.5. The van der Waals surface area contributed by atoms with E-state index in [4.69, 9.17) is 0 Å². The fourth-order valence-electron chi connectivity index (χ4n) is 1.71. The Bertz CT molecular complexity index is 587. The van der Waals surface area contributed by atoms with Crippen LogP contribution < -0.4 is 4.74 Å². The van der Waals surface area contributed by atoms with Gasteiger partial charge in [-0.15, -0.1) is 0 Å². The summed E-state index contributed by atoms with van der Waals surface area (Å²) in [5, 5.41) is 0. The molecule has 0 bridgehead atoms. The Labute approximate surface area is 140 Å². The third-order valence-electron chi connectivity index (χ3n) is 2.63. The predicted molar refractivity (Wildman–Crippen MR) is 85.7 cm³/mol. The van der Waals surface area contributed by atoms with E-state index in [0.29, 0.717) is 0 Å². The van der Waals surface area contributed by atoms with E-state index in [2.05, 4.69) is 52.5 Å². The van der Waals surface area contributed by atoms with Gasteiger partial charge in [-0.25, -0.2) is 0 Å². The lowest BCUT2D eigenvalue weighted by atomic mass is 10.0. The molecule has 0 aromatic heterocycles. The van der Waals surface area contributed by atoms with Crippen LogP contribution in [0.3, 0.4) is 0 Å². The van der Waals surface area contributed by atoms with Gasteiger partial charge in [0, 0.05) is 8.95 Å². The SMILES string of the molecule is FC(F)Oc1ccc(C(Br)c2cc(Br)ccc2Br)cc1. The van der Waals surface area contributed by atoms with Crippen LogP contribution in [0.2, 0.25) is 0 Å². The Morgan fingerprint density at radius 2 is 1.60 bits per heavy atom. The molecular formula is C14H9Br3F2O. The minimum absolute atomic E-state index is 0.0463. The molecular weight excluding hydrogens is 462 g/mol. The van der Waals surface area contributed by atoms with Crippen molar-refractivity contribution in [3.05, 3.63) is 62.5 Å². The van der Waals surface area contributed by atoms with Crippen molar-refractivity contribution >= 4 is 47.8 Å². The van der Waals surface area contributed by atoms with Gasteiger partial charge in [0.1, 0.15) is 5.75 Å². The molecule has 0 fully saturated rings. The number of halogens is 5. The highest BCUT2D eigenvalue weighted by molar-refractivity contribution is 9.11. The summed E-state index contributed by atoms with van der Waals surface area (Å²) < 4.78 is 30.5. The van der Waals surface area contributed by atoms with E-state index in [1.807, 2.05) is 18.2 Å². The van der Waals surface area contributed by atoms with Crippen LogP contribution in [0.5, 0.6) is 5.75 Å². The Balaban J connectivity index is 2.24. The monoisotopic (exact) mass is 468 g/mol. The van der Waals surface area contributed by atoms with Gasteiger partial charge in [-0.2, -0.15) is 8.78 Å². The van der Waals surface area contributed by atoms with E-state index in [9.17, 15) is 8.78 Å². The zero-order valence-electron chi connectivity index (χ0n) is 9.99. The molecule has 1 unspecified atom stereocenters. The number of rotatable bonds is 4.